The van der Waals surface area contributed by atoms with Crippen LogP contribution in [0, 0.1) is 13.8 Å². The molecule has 94 valence electrons. The monoisotopic (exact) mass is 259 g/mol. The smallest absolute Gasteiger partial charge is 0.0576 e. The third-order valence-electron chi connectivity index (χ3n) is 2.82. The maximum atomic E-state index is 12.3. The lowest BCUT2D eigenvalue weighted by Crippen LogP contribution is -2.00. The molecule has 0 amide bonds. The molecule has 0 aliphatic carbocycles. The third kappa shape index (κ3) is 2.99. The number of hydrogen-bond acceptors (Lipinski definition) is 2. The minimum absolute atomic E-state index is 0.548. The summed E-state index contributed by atoms with van der Waals surface area (Å²) in [6.45, 7) is 3.99. The fourth-order valence-electron chi connectivity index (χ4n) is 1.96. The number of aryl methyl sites for hydroxylation is 2. The van der Waals surface area contributed by atoms with Crippen LogP contribution in [0.3, 0.4) is 0 Å². The van der Waals surface area contributed by atoms with Crippen LogP contribution in [0.1, 0.15) is 16.7 Å². The van der Waals surface area contributed by atoms with Crippen LogP contribution < -0.4 is 5.73 Å². The van der Waals surface area contributed by atoms with Gasteiger partial charge < -0.3 is 5.73 Å². The Bertz CT molecular complexity index is 593. The molecule has 0 aliphatic heterocycles. The van der Waals surface area contributed by atoms with Gasteiger partial charge in [-0.1, -0.05) is 29.8 Å². The van der Waals surface area contributed by atoms with Crippen molar-refractivity contribution in [3.8, 4) is 0 Å². The van der Waals surface area contributed by atoms with Crippen molar-refractivity contribution in [2.45, 2.75) is 24.5 Å². The SMILES string of the molecule is Cc1cccc(CS(=O)c2ccc(N)cc2C)c1. The molecule has 0 heterocycles. The first-order valence-electron chi connectivity index (χ1n) is 5.86. The summed E-state index contributed by atoms with van der Waals surface area (Å²) in [5.74, 6) is 0.548. The molecule has 2 nitrogen and oxygen atoms in total. The lowest BCUT2D eigenvalue weighted by molar-refractivity contribution is 0.682. The number of benzene rings is 2. The zero-order valence-corrected chi connectivity index (χ0v) is 11.5. The predicted molar refractivity (Wildman–Crippen MR) is 76.9 cm³/mol. The Morgan fingerprint density at radius 1 is 1.11 bits per heavy atom. The molecule has 0 aromatic heterocycles. The van der Waals surface area contributed by atoms with E-state index in [4.69, 9.17) is 5.73 Å². The first kappa shape index (κ1) is 12.8. The summed E-state index contributed by atoms with van der Waals surface area (Å²) in [5, 5.41) is 0. The van der Waals surface area contributed by atoms with E-state index in [9.17, 15) is 4.21 Å². The van der Waals surface area contributed by atoms with Crippen molar-refractivity contribution in [3.63, 3.8) is 0 Å². The predicted octanol–water partition coefficient (Wildman–Crippen LogP) is 3.19. The second-order valence-electron chi connectivity index (χ2n) is 4.50. The van der Waals surface area contributed by atoms with E-state index in [-0.39, 0.29) is 0 Å². The van der Waals surface area contributed by atoms with Crippen molar-refractivity contribution in [1.29, 1.82) is 0 Å². The van der Waals surface area contributed by atoms with Crippen LogP contribution in [-0.2, 0) is 16.6 Å². The van der Waals surface area contributed by atoms with Crippen LogP contribution in [0.15, 0.2) is 47.4 Å². The van der Waals surface area contributed by atoms with E-state index >= 15 is 0 Å². The largest absolute Gasteiger partial charge is 0.399 e. The maximum absolute atomic E-state index is 12.3. The summed E-state index contributed by atoms with van der Waals surface area (Å²) in [5.41, 5.74) is 9.69. The van der Waals surface area contributed by atoms with Crippen LogP contribution in [0.4, 0.5) is 5.69 Å². The molecular formula is C15H17NOS. The normalized spacial score (nSPS) is 12.3. The molecule has 18 heavy (non-hydrogen) atoms. The van der Waals surface area contributed by atoms with Crippen molar-refractivity contribution in [2.24, 2.45) is 0 Å². The first-order chi connectivity index (χ1) is 8.56. The van der Waals surface area contributed by atoms with Gasteiger partial charge in [0.15, 0.2) is 0 Å². The van der Waals surface area contributed by atoms with Gasteiger partial charge in [0.1, 0.15) is 0 Å². The minimum atomic E-state index is -1.02. The Morgan fingerprint density at radius 3 is 2.56 bits per heavy atom. The van der Waals surface area contributed by atoms with Gasteiger partial charge in [-0.25, -0.2) is 0 Å². The van der Waals surface area contributed by atoms with Crippen LogP contribution in [0.25, 0.3) is 0 Å². The molecule has 0 bridgehead atoms. The highest BCUT2D eigenvalue weighted by molar-refractivity contribution is 7.84. The Labute approximate surface area is 110 Å². The molecule has 0 aliphatic rings. The van der Waals surface area contributed by atoms with E-state index in [2.05, 4.69) is 6.07 Å². The Kier molecular flexibility index (Phi) is 3.82. The van der Waals surface area contributed by atoms with Gasteiger partial charge in [0, 0.05) is 10.6 Å². The topological polar surface area (TPSA) is 43.1 Å². The number of hydrogen-bond donors (Lipinski definition) is 1. The highest BCUT2D eigenvalue weighted by atomic mass is 32.2. The molecule has 0 saturated carbocycles. The lowest BCUT2D eigenvalue weighted by atomic mass is 10.2. The van der Waals surface area contributed by atoms with Gasteiger partial charge in [-0.2, -0.15) is 0 Å². The van der Waals surface area contributed by atoms with Crippen LogP contribution in [0.2, 0.25) is 0 Å². The molecule has 2 rings (SSSR count). The van der Waals surface area contributed by atoms with Crippen LogP contribution in [0.5, 0.6) is 0 Å². The van der Waals surface area contributed by atoms with E-state index in [1.807, 2.05) is 44.2 Å². The van der Waals surface area contributed by atoms with Gasteiger partial charge in [-0.3, -0.25) is 4.21 Å². The second kappa shape index (κ2) is 5.36. The van der Waals surface area contributed by atoms with Gasteiger partial charge in [0.05, 0.1) is 16.6 Å². The molecule has 3 heteroatoms. The van der Waals surface area contributed by atoms with Crippen molar-refractivity contribution in [3.05, 3.63) is 59.2 Å². The van der Waals surface area contributed by atoms with Crippen molar-refractivity contribution in [2.75, 3.05) is 5.73 Å². The molecule has 2 N–H and O–H groups in total. The molecule has 2 aromatic carbocycles. The molecule has 0 spiro atoms. The number of nitrogens with two attached hydrogens (primary N) is 1. The number of rotatable bonds is 3. The summed E-state index contributed by atoms with van der Waals surface area (Å²) in [4.78, 5) is 0.866. The Hall–Kier alpha value is -1.61. The van der Waals surface area contributed by atoms with Gasteiger partial charge in [0.25, 0.3) is 0 Å². The summed E-state index contributed by atoms with van der Waals surface area (Å²) < 4.78 is 12.3. The van der Waals surface area contributed by atoms with E-state index in [1.54, 1.807) is 6.07 Å². The van der Waals surface area contributed by atoms with Crippen molar-refractivity contribution < 1.29 is 4.21 Å². The lowest BCUT2D eigenvalue weighted by Gasteiger charge is -2.07. The molecule has 0 fully saturated rings. The first-order valence-corrected chi connectivity index (χ1v) is 7.18. The second-order valence-corrected chi connectivity index (χ2v) is 5.92. The fourth-order valence-corrected chi connectivity index (χ4v) is 3.23. The zero-order chi connectivity index (χ0) is 13.1. The Balaban J connectivity index is 2.22. The van der Waals surface area contributed by atoms with Crippen LogP contribution in [-0.4, -0.2) is 4.21 Å². The third-order valence-corrected chi connectivity index (χ3v) is 4.37. The maximum Gasteiger partial charge on any atom is 0.0576 e. The Morgan fingerprint density at radius 2 is 1.89 bits per heavy atom. The quantitative estimate of drug-likeness (QED) is 0.860. The average molecular weight is 259 g/mol. The standard InChI is InChI=1S/C15H17NOS/c1-11-4-3-5-13(8-11)10-18(17)15-7-6-14(16)9-12(15)2/h3-9H,10,16H2,1-2H3. The van der Waals surface area contributed by atoms with Crippen molar-refractivity contribution in [1.82, 2.24) is 0 Å². The van der Waals surface area contributed by atoms with Crippen LogP contribution >= 0.6 is 0 Å². The molecule has 1 atom stereocenters. The van der Waals surface area contributed by atoms with E-state index in [0.29, 0.717) is 11.4 Å². The highest BCUT2D eigenvalue weighted by Crippen LogP contribution is 2.19. The molecule has 2 aromatic rings. The van der Waals surface area contributed by atoms with Gasteiger partial charge in [-0.15, -0.1) is 0 Å². The number of nitrogen functional groups attached to an aromatic ring is 1. The minimum Gasteiger partial charge on any atom is -0.399 e. The summed E-state index contributed by atoms with van der Waals surface area (Å²) in [6, 6.07) is 13.6. The molecular weight excluding hydrogens is 242 g/mol. The zero-order valence-electron chi connectivity index (χ0n) is 10.6. The van der Waals surface area contributed by atoms with Gasteiger partial charge in [-0.05, 0) is 43.2 Å². The summed E-state index contributed by atoms with van der Waals surface area (Å²) >= 11 is 0. The average Bonchev–Trinajstić information content (AvgIpc) is 2.28. The summed E-state index contributed by atoms with van der Waals surface area (Å²) in [6.07, 6.45) is 0. The fraction of sp³-hybridized carbons (Fsp3) is 0.200. The molecule has 0 radical (unpaired) electrons. The summed E-state index contributed by atoms with van der Waals surface area (Å²) in [7, 11) is -1.02. The van der Waals surface area contributed by atoms with Crippen molar-refractivity contribution >= 4 is 16.5 Å². The number of anilines is 1. The van der Waals surface area contributed by atoms with Gasteiger partial charge >= 0.3 is 0 Å². The highest BCUT2D eigenvalue weighted by Gasteiger charge is 2.08. The van der Waals surface area contributed by atoms with E-state index in [0.717, 1.165) is 16.0 Å². The van der Waals surface area contributed by atoms with Gasteiger partial charge in [0.2, 0.25) is 0 Å². The molecule has 0 saturated heterocycles. The molecule has 1 unspecified atom stereocenters. The van der Waals surface area contributed by atoms with E-state index in [1.165, 1.54) is 5.56 Å². The van der Waals surface area contributed by atoms with E-state index < -0.39 is 10.8 Å².